The van der Waals surface area contributed by atoms with E-state index in [9.17, 15) is 0 Å². The molecule has 0 spiro atoms. The molecule has 0 atom stereocenters. The first kappa shape index (κ1) is 19.5. The minimum absolute atomic E-state index is 0.529. The van der Waals surface area contributed by atoms with Gasteiger partial charge in [-0.2, -0.15) is 0 Å². The predicted molar refractivity (Wildman–Crippen MR) is 121 cm³/mol. The van der Waals surface area contributed by atoms with Gasteiger partial charge in [0.2, 0.25) is 0 Å². The number of para-hydroxylation sites is 2. The highest BCUT2D eigenvalue weighted by Gasteiger charge is 2.14. The number of benzene rings is 3. The average Bonchev–Trinajstić information content (AvgIpc) is 3.10. The third-order valence-electron chi connectivity index (χ3n) is 5.11. The molecule has 0 fully saturated rings. The highest BCUT2D eigenvalue weighted by Crippen LogP contribution is 2.30. The summed E-state index contributed by atoms with van der Waals surface area (Å²) in [7, 11) is 0. The van der Waals surface area contributed by atoms with Gasteiger partial charge in [-0.1, -0.05) is 61.8 Å². The Morgan fingerprint density at radius 3 is 2.41 bits per heavy atom. The van der Waals surface area contributed by atoms with Crippen LogP contribution in [0.25, 0.3) is 22.4 Å². The van der Waals surface area contributed by atoms with E-state index in [1.807, 2.05) is 42.5 Å². The van der Waals surface area contributed by atoms with E-state index in [0.29, 0.717) is 17.5 Å². The topological polar surface area (TPSA) is 27.1 Å². The third-order valence-corrected chi connectivity index (χ3v) is 5.44. The van der Waals surface area contributed by atoms with E-state index in [1.54, 1.807) is 0 Å². The van der Waals surface area contributed by atoms with Crippen molar-refractivity contribution in [1.29, 1.82) is 0 Å². The summed E-state index contributed by atoms with van der Waals surface area (Å²) in [5.41, 5.74) is 4.37. The lowest BCUT2D eigenvalue weighted by molar-refractivity contribution is 0.303. The number of aryl methyl sites for hydroxylation is 1. The van der Waals surface area contributed by atoms with E-state index < -0.39 is 0 Å². The predicted octanol–water partition coefficient (Wildman–Crippen LogP) is 6.95. The van der Waals surface area contributed by atoms with Crippen LogP contribution in [0.2, 0.25) is 5.02 Å². The van der Waals surface area contributed by atoms with Gasteiger partial charge in [-0.25, -0.2) is 4.98 Å². The van der Waals surface area contributed by atoms with Crippen LogP contribution in [0.4, 0.5) is 0 Å². The van der Waals surface area contributed by atoms with Crippen LogP contribution in [-0.4, -0.2) is 16.2 Å². The van der Waals surface area contributed by atoms with Gasteiger partial charge in [-0.3, -0.25) is 0 Å². The second-order valence-corrected chi connectivity index (χ2v) is 7.89. The van der Waals surface area contributed by atoms with E-state index >= 15 is 0 Å². The molecule has 1 heterocycles. The van der Waals surface area contributed by atoms with Crippen molar-refractivity contribution in [2.75, 3.05) is 6.61 Å². The quantitative estimate of drug-likeness (QED) is 0.311. The van der Waals surface area contributed by atoms with E-state index in [-0.39, 0.29) is 0 Å². The van der Waals surface area contributed by atoms with Crippen LogP contribution in [0.15, 0.2) is 72.8 Å². The molecule has 29 heavy (non-hydrogen) atoms. The molecule has 0 aliphatic rings. The van der Waals surface area contributed by atoms with Crippen LogP contribution in [-0.2, 0) is 6.54 Å². The zero-order valence-electron chi connectivity index (χ0n) is 16.8. The van der Waals surface area contributed by atoms with Gasteiger partial charge < -0.3 is 9.30 Å². The Labute approximate surface area is 176 Å². The van der Waals surface area contributed by atoms with Crippen LogP contribution in [0, 0.1) is 0 Å². The lowest BCUT2D eigenvalue weighted by atomic mass is 10.0. The molecule has 0 N–H and O–H groups in total. The summed E-state index contributed by atoms with van der Waals surface area (Å²) in [5.74, 6) is 2.34. The first-order chi connectivity index (χ1) is 14.1. The first-order valence-electron chi connectivity index (χ1n) is 10.1. The van der Waals surface area contributed by atoms with Crippen molar-refractivity contribution in [2.24, 2.45) is 0 Å². The normalized spacial score (nSPS) is 11.3. The van der Waals surface area contributed by atoms with Crippen molar-refractivity contribution in [3.63, 3.8) is 0 Å². The number of hydrogen-bond acceptors (Lipinski definition) is 2. The molecule has 0 amide bonds. The lowest BCUT2D eigenvalue weighted by Gasteiger charge is -2.12. The smallest absolute Gasteiger partial charge is 0.142 e. The van der Waals surface area contributed by atoms with E-state index in [4.69, 9.17) is 21.3 Å². The summed E-state index contributed by atoms with van der Waals surface area (Å²) in [6, 6.07) is 24.5. The van der Waals surface area contributed by atoms with E-state index in [2.05, 4.69) is 48.7 Å². The van der Waals surface area contributed by atoms with Crippen molar-refractivity contribution >= 4 is 22.6 Å². The number of rotatable bonds is 7. The van der Waals surface area contributed by atoms with Crippen LogP contribution in [0.5, 0.6) is 5.75 Å². The van der Waals surface area contributed by atoms with Crippen LogP contribution < -0.4 is 4.74 Å². The molecule has 0 saturated carbocycles. The second-order valence-electron chi connectivity index (χ2n) is 7.48. The highest BCUT2D eigenvalue weighted by molar-refractivity contribution is 6.33. The Kier molecular flexibility index (Phi) is 5.86. The van der Waals surface area contributed by atoms with Crippen molar-refractivity contribution in [1.82, 2.24) is 9.55 Å². The van der Waals surface area contributed by atoms with Gasteiger partial charge >= 0.3 is 0 Å². The lowest BCUT2D eigenvalue weighted by Crippen LogP contribution is -2.06. The summed E-state index contributed by atoms with van der Waals surface area (Å²) >= 11 is 6.46. The number of halogens is 1. The molecule has 0 bridgehead atoms. The average molecular weight is 405 g/mol. The highest BCUT2D eigenvalue weighted by atomic mass is 35.5. The van der Waals surface area contributed by atoms with Gasteiger partial charge in [0.05, 0.1) is 22.7 Å². The minimum Gasteiger partial charge on any atom is -0.494 e. The summed E-state index contributed by atoms with van der Waals surface area (Å²) in [4.78, 5) is 4.84. The van der Waals surface area contributed by atoms with Gasteiger partial charge in [0.1, 0.15) is 11.6 Å². The molecule has 0 saturated heterocycles. The molecule has 148 valence electrons. The zero-order valence-corrected chi connectivity index (χ0v) is 17.6. The van der Waals surface area contributed by atoms with Crippen LogP contribution >= 0.6 is 11.6 Å². The summed E-state index contributed by atoms with van der Waals surface area (Å²) in [5, 5.41) is 0.713. The molecule has 4 aromatic rings. The Bertz CT molecular complexity index is 1100. The fraction of sp³-hybridized carbons (Fsp3) is 0.240. The zero-order chi connectivity index (χ0) is 20.2. The van der Waals surface area contributed by atoms with Crippen LogP contribution in [0.1, 0.15) is 31.7 Å². The van der Waals surface area contributed by atoms with Crippen molar-refractivity contribution < 1.29 is 4.74 Å². The molecule has 0 aliphatic carbocycles. The SMILES string of the molecule is CC(C)c1ccc(OCCCn2c(-c3ccccc3Cl)nc3ccccc32)cc1. The Hall–Kier alpha value is -2.78. The summed E-state index contributed by atoms with van der Waals surface area (Å²) < 4.78 is 8.20. The summed E-state index contributed by atoms with van der Waals surface area (Å²) in [6.07, 6.45) is 0.879. The number of fused-ring (bicyclic) bond motifs is 1. The molecule has 0 unspecified atom stereocenters. The Balaban J connectivity index is 1.50. The maximum absolute atomic E-state index is 6.46. The van der Waals surface area contributed by atoms with Gasteiger partial charge in [-0.05, 0) is 54.3 Å². The fourth-order valence-corrected chi connectivity index (χ4v) is 3.73. The first-order valence-corrected chi connectivity index (χ1v) is 10.4. The van der Waals surface area contributed by atoms with Crippen molar-refractivity contribution in [3.8, 4) is 17.1 Å². The minimum atomic E-state index is 0.529. The number of hydrogen-bond donors (Lipinski definition) is 0. The van der Waals surface area contributed by atoms with Gasteiger partial charge in [0.15, 0.2) is 0 Å². The van der Waals surface area contributed by atoms with Crippen molar-refractivity contribution in [2.45, 2.75) is 32.7 Å². The Morgan fingerprint density at radius 1 is 0.931 bits per heavy atom. The van der Waals surface area contributed by atoms with Gasteiger partial charge in [0, 0.05) is 12.1 Å². The molecule has 0 aliphatic heterocycles. The number of imidazole rings is 1. The molecular weight excluding hydrogens is 380 g/mol. The number of aromatic nitrogens is 2. The molecule has 4 heteroatoms. The third kappa shape index (κ3) is 4.30. The largest absolute Gasteiger partial charge is 0.494 e. The summed E-state index contributed by atoms with van der Waals surface area (Å²) in [6.45, 7) is 5.85. The van der Waals surface area contributed by atoms with Gasteiger partial charge in [-0.15, -0.1) is 0 Å². The molecule has 4 rings (SSSR count). The molecule has 3 nitrogen and oxygen atoms in total. The van der Waals surface area contributed by atoms with Crippen molar-refractivity contribution in [3.05, 3.63) is 83.4 Å². The number of nitrogens with zero attached hydrogens (tertiary/aromatic N) is 2. The fourth-order valence-electron chi connectivity index (χ4n) is 3.51. The van der Waals surface area contributed by atoms with Crippen LogP contribution in [0.3, 0.4) is 0 Å². The molecule has 0 radical (unpaired) electrons. The molecular formula is C25H25ClN2O. The maximum Gasteiger partial charge on any atom is 0.142 e. The second kappa shape index (κ2) is 8.71. The van der Waals surface area contributed by atoms with E-state index in [1.165, 1.54) is 5.56 Å². The maximum atomic E-state index is 6.46. The van der Waals surface area contributed by atoms with Gasteiger partial charge in [0.25, 0.3) is 0 Å². The molecule has 1 aromatic heterocycles. The standard InChI is InChI=1S/C25H25ClN2O/c1-18(2)19-12-14-20(15-13-19)29-17-7-16-28-24-11-6-5-10-23(24)27-25(28)21-8-3-4-9-22(21)26/h3-6,8-15,18H,7,16-17H2,1-2H3. The number of ether oxygens (including phenoxy) is 1. The molecule has 3 aromatic carbocycles. The van der Waals surface area contributed by atoms with E-state index in [0.717, 1.165) is 41.1 Å². The monoisotopic (exact) mass is 404 g/mol. The Morgan fingerprint density at radius 2 is 1.66 bits per heavy atom.